The fourth-order valence-corrected chi connectivity index (χ4v) is 3.39. The Hall–Kier alpha value is -2.19. The molecule has 0 atom stereocenters. The Bertz CT molecular complexity index is 867. The van der Waals surface area contributed by atoms with E-state index in [1.165, 1.54) is 41.8 Å². The number of sulfonamides is 1. The molecule has 1 aliphatic heterocycles. The van der Waals surface area contributed by atoms with Crippen molar-refractivity contribution in [2.75, 3.05) is 18.0 Å². The number of nitrogens with zero attached hydrogens (tertiary/aromatic N) is 3. The SMILES string of the molecule is NS(=O)(=O)c1ccc(-n2ncc(N3CCCCCC3)cc2=O)cc1. The first-order chi connectivity index (χ1) is 11.4. The van der Waals surface area contributed by atoms with Crippen molar-refractivity contribution < 1.29 is 8.42 Å². The van der Waals surface area contributed by atoms with Gasteiger partial charge in [0.1, 0.15) is 0 Å². The fourth-order valence-electron chi connectivity index (χ4n) is 2.87. The maximum Gasteiger partial charge on any atom is 0.273 e. The Balaban J connectivity index is 1.88. The van der Waals surface area contributed by atoms with Crippen molar-refractivity contribution in [1.29, 1.82) is 0 Å². The van der Waals surface area contributed by atoms with Crippen molar-refractivity contribution in [3.05, 3.63) is 46.9 Å². The van der Waals surface area contributed by atoms with Gasteiger partial charge in [0.25, 0.3) is 5.56 Å². The average Bonchev–Trinajstić information content (AvgIpc) is 2.83. The Morgan fingerprint density at radius 3 is 2.12 bits per heavy atom. The van der Waals surface area contributed by atoms with Crippen LogP contribution >= 0.6 is 0 Å². The highest BCUT2D eigenvalue weighted by molar-refractivity contribution is 7.89. The quantitative estimate of drug-likeness (QED) is 0.900. The van der Waals surface area contributed by atoms with Crippen LogP contribution in [0.4, 0.5) is 5.69 Å². The van der Waals surface area contributed by atoms with Crippen LogP contribution in [0.25, 0.3) is 5.69 Å². The molecular weight excluding hydrogens is 328 g/mol. The van der Waals surface area contributed by atoms with E-state index in [0.29, 0.717) is 5.69 Å². The summed E-state index contributed by atoms with van der Waals surface area (Å²) in [6, 6.07) is 7.33. The van der Waals surface area contributed by atoms with Gasteiger partial charge in [0.2, 0.25) is 10.0 Å². The maximum absolute atomic E-state index is 12.4. The van der Waals surface area contributed by atoms with Crippen LogP contribution in [-0.2, 0) is 10.0 Å². The number of primary sulfonamides is 1. The van der Waals surface area contributed by atoms with Gasteiger partial charge in [-0.3, -0.25) is 4.79 Å². The molecule has 2 N–H and O–H groups in total. The molecule has 0 saturated carbocycles. The van der Waals surface area contributed by atoms with Crippen LogP contribution in [0, 0.1) is 0 Å². The van der Waals surface area contributed by atoms with Crippen LogP contribution in [0.3, 0.4) is 0 Å². The number of aromatic nitrogens is 2. The van der Waals surface area contributed by atoms with Crippen molar-refractivity contribution >= 4 is 15.7 Å². The summed E-state index contributed by atoms with van der Waals surface area (Å²) >= 11 is 0. The molecule has 2 aromatic rings. The first kappa shape index (κ1) is 16.7. The van der Waals surface area contributed by atoms with Gasteiger partial charge in [-0.25, -0.2) is 13.6 Å². The number of hydrogen-bond donors (Lipinski definition) is 1. The van der Waals surface area contributed by atoms with Gasteiger partial charge in [-0.1, -0.05) is 12.8 Å². The molecule has 1 aromatic carbocycles. The zero-order valence-electron chi connectivity index (χ0n) is 13.3. The Morgan fingerprint density at radius 1 is 0.958 bits per heavy atom. The summed E-state index contributed by atoms with van der Waals surface area (Å²) in [6.07, 6.45) is 6.37. The molecule has 24 heavy (non-hydrogen) atoms. The number of nitrogens with two attached hydrogens (primary N) is 1. The van der Waals surface area contributed by atoms with Crippen LogP contribution in [-0.4, -0.2) is 31.3 Å². The van der Waals surface area contributed by atoms with Gasteiger partial charge < -0.3 is 4.90 Å². The molecule has 1 aliphatic rings. The van der Waals surface area contributed by atoms with E-state index in [2.05, 4.69) is 10.00 Å². The molecule has 0 radical (unpaired) electrons. The molecule has 0 bridgehead atoms. The molecule has 1 aromatic heterocycles. The lowest BCUT2D eigenvalue weighted by molar-refractivity contribution is 0.597. The smallest absolute Gasteiger partial charge is 0.273 e. The molecule has 8 heteroatoms. The highest BCUT2D eigenvalue weighted by atomic mass is 32.2. The monoisotopic (exact) mass is 348 g/mol. The van der Waals surface area contributed by atoms with Gasteiger partial charge in [-0.05, 0) is 37.1 Å². The highest BCUT2D eigenvalue weighted by Crippen LogP contribution is 2.17. The zero-order valence-corrected chi connectivity index (χ0v) is 14.1. The molecule has 1 saturated heterocycles. The first-order valence-electron chi connectivity index (χ1n) is 7.93. The van der Waals surface area contributed by atoms with Gasteiger partial charge in [-0.2, -0.15) is 9.78 Å². The third-order valence-corrected chi connectivity index (χ3v) is 5.10. The molecule has 0 amide bonds. The minimum Gasteiger partial charge on any atom is -0.370 e. The Kier molecular flexibility index (Phi) is 4.68. The topological polar surface area (TPSA) is 98.3 Å². The highest BCUT2D eigenvalue weighted by Gasteiger charge is 2.13. The largest absolute Gasteiger partial charge is 0.370 e. The lowest BCUT2D eigenvalue weighted by atomic mass is 10.2. The van der Waals surface area contributed by atoms with Gasteiger partial charge >= 0.3 is 0 Å². The predicted molar refractivity (Wildman–Crippen MR) is 91.9 cm³/mol. The summed E-state index contributed by atoms with van der Waals surface area (Å²) < 4.78 is 23.8. The van der Waals surface area contributed by atoms with E-state index in [4.69, 9.17) is 5.14 Å². The number of anilines is 1. The third kappa shape index (κ3) is 3.65. The standard InChI is InChI=1S/C16H20N4O3S/c17-24(22,23)15-7-5-13(6-8-15)20-16(21)11-14(12-18-20)19-9-3-1-2-4-10-19/h5-8,11-12H,1-4,9-10H2,(H2,17,22,23). The second-order valence-corrected chi connectivity index (χ2v) is 7.47. The lowest BCUT2D eigenvalue weighted by Crippen LogP contribution is -2.28. The van der Waals surface area contributed by atoms with Crippen LogP contribution < -0.4 is 15.6 Å². The zero-order chi connectivity index (χ0) is 17.2. The van der Waals surface area contributed by atoms with Crippen molar-refractivity contribution in [2.24, 2.45) is 5.14 Å². The third-order valence-electron chi connectivity index (χ3n) is 4.17. The van der Waals surface area contributed by atoms with E-state index in [1.807, 2.05) is 0 Å². The second kappa shape index (κ2) is 6.74. The average molecular weight is 348 g/mol. The summed E-state index contributed by atoms with van der Waals surface area (Å²) in [7, 11) is -3.75. The van der Waals surface area contributed by atoms with Crippen molar-refractivity contribution in [1.82, 2.24) is 9.78 Å². The molecule has 1 fully saturated rings. The molecule has 128 valence electrons. The van der Waals surface area contributed by atoms with Gasteiger partial charge in [0, 0.05) is 19.2 Å². The first-order valence-corrected chi connectivity index (χ1v) is 9.47. The van der Waals surface area contributed by atoms with E-state index in [9.17, 15) is 13.2 Å². The van der Waals surface area contributed by atoms with Crippen molar-refractivity contribution in [3.8, 4) is 5.69 Å². The normalized spacial score (nSPS) is 16.0. The summed E-state index contributed by atoms with van der Waals surface area (Å²) in [5, 5.41) is 9.30. The van der Waals surface area contributed by atoms with Crippen LogP contribution in [0.5, 0.6) is 0 Å². The van der Waals surface area contributed by atoms with E-state index < -0.39 is 10.0 Å². The fraction of sp³-hybridized carbons (Fsp3) is 0.375. The van der Waals surface area contributed by atoms with Gasteiger partial charge in [0.05, 0.1) is 22.5 Å². The number of hydrogen-bond acceptors (Lipinski definition) is 5. The Labute approximate surface area is 140 Å². The van der Waals surface area contributed by atoms with Crippen LogP contribution in [0.15, 0.2) is 46.2 Å². The van der Waals surface area contributed by atoms with E-state index in [1.54, 1.807) is 12.3 Å². The van der Waals surface area contributed by atoms with Crippen molar-refractivity contribution in [2.45, 2.75) is 30.6 Å². The van der Waals surface area contributed by atoms with E-state index >= 15 is 0 Å². The van der Waals surface area contributed by atoms with E-state index in [0.717, 1.165) is 31.6 Å². The number of rotatable bonds is 3. The summed E-state index contributed by atoms with van der Waals surface area (Å²) in [4.78, 5) is 14.6. The predicted octanol–water partition coefficient (Wildman–Crippen LogP) is 1.26. The summed E-state index contributed by atoms with van der Waals surface area (Å²) in [6.45, 7) is 1.88. The minimum atomic E-state index is -3.75. The Morgan fingerprint density at radius 2 is 1.58 bits per heavy atom. The summed E-state index contributed by atoms with van der Waals surface area (Å²) in [5.74, 6) is 0. The van der Waals surface area contributed by atoms with E-state index in [-0.39, 0.29) is 10.5 Å². The molecule has 0 aliphatic carbocycles. The summed E-state index contributed by atoms with van der Waals surface area (Å²) in [5.41, 5.74) is 1.08. The molecule has 3 rings (SSSR count). The van der Waals surface area contributed by atoms with Crippen LogP contribution in [0.1, 0.15) is 25.7 Å². The lowest BCUT2D eigenvalue weighted by Gasteiger charge is -2.22. The minimum absolute atomic E-state index is 0.000450. The van der Waals surface area contributed by atoms with Gasteiger partial charge in [0.15, 0.2) is 0 Å². The maximum atomic E-state index is 12.4. The number of benzene rings is 1. The molecular formula is C16H20N4O3S. The van der Waals surface area contributed by atoms with Gasteiger partial charge in [-0.15, -0.1) is 0 Å². The molecule has 7 nitrogen and oxygen atoms in total. The molecule has 0 unspecified atom stereocenters. The molecule has 0 spiro atoms. The second-order valence-electron chi connectivity index (χ2n) is 5.90. The molecule has 2 heterocycles. The van der Waals surface area contributed by atoms with Crippen LogP contribution in [0.2, 0.25) is 0 Å². The van der Waals surface area contributed by atoms with Crippen molar-refractivity contribution in [3.63, 3.8) is 0 Å².